The van der Waals surface area contributed by atoms with Crippen LogP contribution in [0.2, 0.25) is 0 Å². The van der Waals surface area contributed by atoms with Gasteiger partial charge in [-0.3, -0.25) is 0 Å². The first-order valence-corrected chi connectivity index (χ1v) is 7.33. The molecule has 0 bridgehead atoms. The maximum absolute atomic E-state index is 6.00. The van der Waals surface area contributed by atoms with E-state index in [0.29, 0.717) is 0 Å². The molecular formula is C12H19BN2O2S. The van der Waals surface area contributed by atoms with Crippen molar-refractivity contribution >= 4 is 29.2 Å². The maximum atomic E-state index is 6.00. The van der Waals surface area contributed by atoms with Crippen LogP contribution in [0.1, 0.15) is 34.1 Å². The van der Waals surface area contributed by atoms with E-state index in [1.54, 1.807) is 11.3 Å². The average Bonchev–Trinajstić information content (AvgIpc) is 2.68. The van der Waals surface area contributed by atoms with Gasteiger partial charge in [0.25, 0.3) is 0 Å². The highest BCUT2D eigenvalue weighted by atomic mass is 32.1. The zero-order valence-electron chi connectivity index (χ0n) is 11.4. The minimum atomic E-state index is -0.332. The predicted molar refractivity (Wildman–Crippen MR) is 74.7 cm³/mol. The molecule has 0 amide bonds. The van der Waals surface area contributed by atoms with E-state index in [0.717, 1.165) is 23.8 Å². The zero-order chi connectivity index (χ0) is 13.0. The summed E-state index contributed by atoms with van der Waals surface area (Å²) in [7, 11) is -0.332. The number of hydrogen-bond donors (Lipinski definition) is 0. The molecule has 0 unspecified atom stereocenters. The van der Waals surface area contributed by atoms with Gasteiger partial charge in [-0.25, -0.2) is 4.98 Å². The third-order valence-electron chi connectivity index (χ3n) is 4.13. The second-order valence-corrected chi connectivity index (χ2v) is 6.82. The molecule has 2 aliphatic rings. The lowest BCUT2D eigenvalue weighted by Gasteiger charge is -2.32. The van der Waals surface area contributed by atoms with Crippen LogP contribution in [0.3, 0.4) is 0 Å². The first kappa shape index (κ1) is 12.4. The first-order chi connectivity index (χ1) is 8.39. The molecule has 0 aromatic carbocycles. The van der Waals surface area contributed by atoms with Gasteiger partial charge in [0.15, 0.2) is 5.13 Å². The van der Waals surface area contributed by atoms with Crippen LogP contribution in [-0.4, -0.2) is 36.4 Å². The third-order valence-corrected chi connectivity index (χ3v) is 5.05. The highest BCUT2D eigenvalue weighted by Crippen LogP contribution is 2.36. The van der Waals surface area contributed by atoms with Gasteiger partial charge >= 0.3 is 7.12 Å². The van der Waals surface area contributed by atoms with Gasteiger partial charge < -0.3 is 14.2 Å². The fraction of sp³-hybridized carbons (Fsp3) is 0.750. The molecule has 3 heterocycles. The molecule has 2 aliphatic heterocycles. The predicted octanol–water partition coefficient (Wildman–Crippen LogP) is 1.65. The number of aromatic nitrogens is 1. The second kappa shape index (κ2) is 3.95. The summed E-state index contributed by atoms with van der Waals surface area (Å²) < 4.78 is 12.0. The van der Waals surface area contributed by atoms with Crippen LogP contribution in [0.15, 0.2) is 5.38 Å². The molecule has 0 saturated carbocycles. The summed E-state index contributed by atoms with van der Waals surface area (Å²) in [6.07, 6.45) is 1.27. The number of anilines is 1. The van der Waals surface area contributed by atoms with Gasteiger partial charge in [0, 0.05) is 18.5 Å². The van der Waals surface area contributed by atoms with E-state index in [2.05, 4.69) is 43.0 Å². The summed E-state index contributed by atoms with van der Waals surface area (Å²) in [6.45, 7) is 10.5. The molecule has 2 saturated heterocycles. The van der Waals surface area contributed by atoms with Crippen LogP contribution in [0.5, 0.6) is 0 Å². The molecule has 4 nitrogen and oxygen atoms in total. The Labute approximate surface area is 112 Å². The lowest BCUT2D eigenvalue weighted by atomic mass is 9.86. The van der Waals surface area contributed by atoms with Crippen molar-refractivity contribution in [3.63, 3.8) is 0 Å². The number of rotatable bonds is 2. The van der Waals surface area contributed by atoms with E-state index in [-0.39, 0.29) is 18.3 Å². The van der Waals surface area contributed by atoms with Gasteiger partial charge in [-0.15, -0.1) is 11.3 Å². The standard InChI is InChI=1S/C12H19BN2O2S/c1-11(2)12(3,4)17-13(16-11)9-8-18-10(14-9)15-6-5-7-15/h8H,5-7H2,1-4H3. The second-order valence-electron chi connectivity index (χ2n) is 5.98. The Hall–Kier alpha value is -0.585. The Balaban J connectivity index is 1.78. The Morgan fingerprint density at radius 3 is 2.33 bits per heavy atom. The van der Waals surface area contributed by atoms with E-state index in [1.807, 2.05) is 0 Å². The Morgan fingerprint density at radius 1 is 1.22 bits per heavy atom. The fourth-order valence-corrected chi connectivity index (χ4v) is 2.88. The summed E-state index contributed by atoms with van der Waals surface area (Å²) in [4.78, 5) is 6.93. The number of thiazole rings is 1. The molecule has 1 aromatic rings. The topological polar surface area (TPSA) is 34.6 Å². The van der Waals surface area contributed by atoms with Crippen molar-refractivity contribution in [2.75, 3.05) is 18.0 Å². The smallest absolute Gasteiger partial charge is 0.398 e. The molecule has 2 fully saturated rings. The monoisotopic (exact) mass is 266 g/mol. The van der Waals surface area contributed by atoms with Crippen LogP contribution in [0, 0.1) is 0 Å². The lowest BCUT2D eigenvalue weighted by Crippen LogP contribution is -2.41. The maximum Gasteiger partial charge on any atom is 0.515 e. The normalized spacial score (nSPS) is 25.3. The van der Waals surface area contributed by atoms with Gasteiger partial charge in [0.1, 0.15) is 0 Å². The zero-order valence-corrected chi connectivity index (χ0v) is 12.2. The van der Waals surface area contributed by atoms with Crippen molar-refractivity contribution in [2.24, 2.45) is 0 Å². The van der Waals surface area contributed by atoms with Gasteiger partial charge in [-0.1, -0.05) is 0 Å². The van der Waals surface area contributed by atoms with Crippen LogP contribution in [-0.2, 0) is 9.31 Å². The van der Waals surface area contributed by atoms with E-state index < -0.39 is 0 Å². The van der Waals surface area contributed by atoms with E-state index >= 15 is 0 Å². The van der Waals surface area contributed by atoms with Crippen LogP contribution < -0.4 is 10.5 Å². The molecule has 0 spiro atoms. The minimum absolute atomic E-state index is 0.293. The summed E-state index contributed by atoms with van der Waals surface area (Å²) in [6, 6.07) is 0. The average molecular weight is 266 g/mol. The molecule has 18 heavy (non-hydrogen) atoms. The van der Waals surface area contributed by atoms with Crippen molar-refractivity contribution in [1.82, 2.24) is 4.98 Å². The molecule has 98 valence electrons. The van der Waals surface area contributed by atoms with Crippen molar-refractivity contribution in [3.8, 4) is 0 Å². The third kappa shape index (κ3) is 1.87. The van der Waals surface area contributed by atoms with Crippen molar-refractivity contribution in [2.45, 2.75) is 45.3 Å². The fourth-order valence-electron chi connectivity index (χ4n) is 2.00. The molecule has 0 aliphatic carbocycles. The molecule has 1 aromatic heterocycles. The summed E-state index contributed by atoms with van der Waals surface area (Å²) in [5.74, 6) is 0. The highest BCUT2D eigenvalue weighted by molar-refractivity contribution is 7.14. The molecule has 0 atom stereocenters. The molecular weight excluding hydrogens is 247 g/mol. The van der Waals surface area contributed by atoms with E-state index in [9.17, 15) is 0 Å². The quantitative estimate of drug-likeness (QED) is 0.762. The van der Waals surface area contributed by atoms with Crippen LogP contribution in [0.4, 0.5) is 5.13 Å². The number of hydrogen-bond acceptors (Lipinski definition) is 5. The van der Waals surface area contributed by atoms with Crippen molar-refractivity contribution < 1.29 is 9.31 Å². The highest BCUT2D eigenvalue weighted by Gasteiger charge is 2.52. The van der Waals surface area contributed by atoms with Gasteiger partial charge in [0.2, 0.25) is 0 Å². The van der Waals surface area contributed by atoms with E-state index in [1.165, 1.54) is 6.42 Å². The molecule has 6 heteroatoms. The van der Waals surface area contributed by atoms with E-state index in [4.69, 9.17) is 9.31 Å². The van der Waals surface area contributed by atoms with Gasteiger partial charge in [0.05, 0.1) is 16.8 Å². The van der Waals surface area contributed by atoms with Crippen LogP contribution >= 0.6 is 11.3 Å². The van der Waals surface area contributed by atoms with Crippen molar-refractivity contribution in [3.05, 3.63) is 5.38 Å². The minimum Gasteiger partial charge on any atom is -0.398 e. The SMILES string of the molecule is CC1(C)OB(c2csc(N3CCC3)n2)OC1(C)C. The van der Waals surface area contributed by atoms with Gasteiger partial charge in [-0.2, -0.15) is 0 Å². The largest absolute Gasteiger partial charge is 0.515 e. The molecule has 0 N–H and O–H groups in total. The summed E-state index contributed by atoms with van der Waals surface area (Å²) >= 11 is 1.68. The number of nitrogens with zero attached hydrogens (tertiary/aromatic N) is 2. The Kier molecular flexibility index (Phi) is 2.73. The first-order valence-electron chi connectivity index (χ1n) is 6.45. The van der Waals surface area contributed by atoms with Gasteiger partial charge in [-0.05, 0) is 34.1 Å². The Bertz CT molecular complexity index is 441. The molecule has 3 rings (SSSR count). The van der Waals surface area contributed by atoms with Crippen molar-refractivity contribution in [1.29, 1.82) is 0 Å². The Morgan fingerprint density at radius 2 is 1.83 bits per heavy atom. The summed E-state index contributed by atoms with van der Waals surface area (Å²) in [5, 5.41) is 3.14. The van der Waals surface area contributed by atoms with Crippen LogP contribution in [0.25, 0.3) is 0 Å². The molecule has 0 radical (unpaired) electrons. The summed E-state index contributed by atoms with van der Waals surface area (Å²) in [5.41, 5.74) is 0.316. The lowest BCUT2D eigenvalue weighted by molar-refractivity contribution is 0.00578.